The van der Waals surface area contributed by atoms with Gasteiger partial charge in [-0.05, 0) is 50.7 Å². The highest BCUT2D eigenvalue weighted by atomic mass is 127. The molecular weight excluding hydrogens is 696 g/mol. The molecule has 1 aliphatic heterocycles. The second-order valence-corrected chi connectivity index (χ2v) is 9.91. The van der Waals surface area contributed by atoms with Crippen molar-refractivity contribution in [3.05, 3.63) is 54.1 Å². The van der Waals surface area contributed by atoms with Crippen LogP contribution in [0.15, 0.2) is 36.7 Å². The average Bonchev–Trinajstić information content (AvgIpc) is 3.49. The fourth-order valence-electron chi connectivity index (χ4n) is 4.25. The van der Waals surface area contributed by atoms with Crippen LogP contribution in [0.3, 0.4) is 0 Å². The van der Waals surface area contributed by atoms with E-state index in [1.54, 1.807) is 6.92 Å². The Balaban J connectivity index is -0.000000529. The van der Waals surface area contributed by atoms with Crippen molar-refractivity contribution < 1.29 is 35.1 Å². The van der Waals surface area contributed by atoms with Gasteiger partial charge in [0.15, 0.2) is 0 Å². The fourth-order valence-corrected chi connectivity index (χ4v) is 4.25. The highest BCUT2D eigenvalue weighted by Crippen LogP contribution is 2.23. The molecule has 2 amide bonds. The molecule has 2 atom stereocenters. The summed E-state index contributed by atoms with van der Waals surface area (Å²) < 4.78 is 43.4. The number of carbonyl (C=O) groups is 2. The van der Waals surface area contributed by atoms with E-state index in [1.807, 2.05) is 41.5 Å². The third-order valence-electron chi connectivity index (χ3n) is 6.43. The predicted molar refractivity (Wildman–Crippen MR) is 183 cm³/mol. The fraction of sp³-hybridized carbons (Fsp3) is 0.581. The molecule has 3 N–H and O–H groups in total. The molecule has 2 aromatic rings. The zero-order valence-electron chi connectivity index (χ0n) is 26.9. The number of hydrogen-bond acceptors (Lipinski definition) is 4. The van der Waals surface area contributed by atoms with Gasteiger partial charge in [0.1, 0.15) is 23.5 Å². The van der Waals surface area contributed by atoms with Crippen LogP contribution in [0.2, 0.25) is 0 Å². The van der Waals surface area contributed by atoms with Gasteiger partial charge in [0.25, 0.3) is 0 Å². The first kappa shape index (κ1) is 45.7. The molecule has 0 spiro atoms. The Morgan fingerprint density at radius 2 is 1.64 bits per heavy atom. The lowest BCUT2D eigenvalue weighted by molar-refractivity contribution is -0.129. The number of imidazole rings is 1. The molecule has 1 saturated heterocycles. The van der Waals surface area contributed by atoms with Gasteiger partial charge < -0.3 is 20.5 Å². The lowest BCUT2D eigenvalue weighted by Gasteiger charge is -2.32. The van der Waals surface area contributed by atoms with Gasteiger partial charge in [0, 0.05) is 55.3 Å². The van der Waals surface area contributed by atoms with Gasteiger partial charge in [-0.1, -0.05) is 48.1 Å². The van der Waals surface area contributed by atoms with E-state index in [1.165, 1.54) is 24.8 Å². The average molecular weight is 752 g/mol. The summed E-state index contributed by atoms with van der Waals surface area (Å²) in [5, 5.41) is 5.79. The van der Waals surface area contributed by atoms with E-state index in [4.69, 9.17) is 9.15 Å². The summed E-state index contributed by atoms with van der Waals surface area (Å²) in [6.07, 6.45) is 6.20. The summed E-state index contributed by atoms with van der Waals surface area (Å²) in [5.41, 5.74) is 1.39. The third kappa shape index (κ3) is 15.8. The molecule has 1 aromatic heterocycles. The molecule has 0 unspecified atom stereocenters. The second-order valence-electron chi connectivity index (χ2n) is 9.91. The third-order valence-corrected chi connectivity index (χ3v) is 6.43. The number of halogens is 6. The topological polar surface area (TPSA) is 90.1 Å². The zero-order valence-corrected chi connectivity index (χ0v) is 29.3. The maximum atomic E-state index is 14.2. The molecule has 44 heavy (non-hydrogen) atoms. The van der Waals surface area contributed by atoms with Gasteiger partial charge in [0.05, 0.1) is 17.9 Å². The van der Waals surface area contributed by atoms with Crippen molar-refractivity contribution in [3.8, 4) is 11.3 Å². The van der Waals surface area contributed by atoms with Gasteiger partial charge in [-0.2, -0.15) is 0 Å². The van der Waals surface area contributed by atoms with E-state index in [9.17, 15) is 18.4 Å². The number of benzene rings is 1. The molecule has 0 bridgehead atoms. The predicted octanol–water partition coefficient (Wildman–Crippen LogP) is 9.00. The molecule has 1 fully saturated rings. The number of aromatic nitrogens is 2. The first-order chi connectivity index (χ1) is 20.1. The second kappa shape index (κ2) is 25.6. The summed E-state index contributed by atoms with van der Waals surface area (Å²) in [6.45, 7) is 19.8. The minimum Gasteiger partial charge on any atom is -0.375 e. The summed E-state index contributed by atoms with van der Waals surface area (Å²) in [6, 6.07) is 2.01. The Kier molecular flexibility index (Phi) is 26.6. The quantitative estimate of drug-likeness (QED) is 0.158. The van der Waals surface area contributed by atoms with Crippen molar-refractivity contribution in [2.45, 2.75) is 99.1 Å². The number of hydrogen-bond donors (Lipinski definition) is 3. The maximum absolute atomic E-state index is 14.2. The molecule has 1 aromatic carbocycles. The normalized spacial score (nSPS) is 13.0. The summed E-state index contributed by atoms with van der Waals surface area (Å²) in [4.78, 5) is 35.3. The molecule has 1 aliphatic rings. The molecule has 0 saturated carbocycles. The minimum absolute atomic E-state index is 0. The number of H-pyrrole nitrogens is 1. The van der Waals surface area contributed by atoms with E-state index >= 15 is 0 Å². The lowest BCUT2D eigenvalue weighted by Crippen LogP contribution is -2.48. The first-order valence-electron chi connectivity index (χ1n) is 14.8. The highest BCUT2D eigenvalue weighted by Gasteiger charge is 2.26. The zero-order chi connectivity index (χ0) is 32.2. The Labute approximate surface area is 279 Å². The van der Waals surface area contributed by atoms with E-state index in [-0.39, 0.29) is 48.9 Å². The number of rotatable bonds is 11. The summed E-state index contributed by atoms with van der Waals surface area (Å²) in [5.74, 6) is -1.08. The van der Waals surface area contributed by atoms with Crippen LogP contribution in [0.25, 0.3) is 11.3 Å². The van der Waals surface area contributed by atoms with Crippen LogP contribution >= 0.6 is 24.0 Å². The summed E-state index contributed by atoms with van der Waals surface area (Å²) >= 11 is 0. The number of aromatic amines is 1. The van der Waals surface area contributed by atoms with Gasteiger partial charge in [-0.15, -0.1) is 24.0 Å². The molecular formula is C31H55F5IN5O2. The van der Waals surface area contributed by atoms with Gasteiger partial charge >= 0.3 is 0 Å². The number of piperidine rings is 1. The Morgan fingerprint density at radius 3 is 2.18 bits per heavy atom. The number of nitrogens with zero attached hydrogens (tertiary/aromatic N) is 2. The van der Waals surface area contributed by atoms with Gasteiger partial charge in [-0.3, -0.25) is 14.3 Å². The van der Waals surface area contributed by atoms with Crippen LogP contribution in [-0.2, 0) is 9.59 Å². The Hall–Kier alpha value is -2.71. The van der Waals surface area contributed by atoms with E-state index in [0.717, 1.165) is 44.1 Å². The number of nitrogens with one attached hydrogen (secondary N) is 3. The van der Waals surface area contributed by atoms with Gasteiger partial charge in [-0.25, -0.2) is 13.8 Å². The molecule has 13 heteroatoms. The molecule has 2 heterocycles. The van der Waals surface area contributed by atoms with Crippen LogP contribution in [0.4, 0.5) is 22.6 Å². The van der Waals surface area contributed by atoms with Crippen molar-refractivity contribution in [3.63, 3.8) is 0 Å². The lowest BCUT2D eigenvalue weighted by atomic mass is 10.0. The molecule has 0 aliphatic carbocycles. The van der Waals surface area contributed by atoms with Crippen molar-refractivity contribution in [2.75, 3.05) is 13.1 Å². The molecule has 7 nitrogen and oxygen atoms in total. The van der Waals surface area contributed by atoms with Crippen molar-refractivity contribution in [1.82, 2.24) is 25.5 Å². The maximum Gasteiger partial charge on any atom is 0.243 e. The van der Waals surface area contributed by atoms with Crippen molar-refractivity contribution in [2.24, 2.45) is 5.92 Å². The highest BCUT2D eigenvalue weighted by molar-refractivity contribution is 14.0. The van der Waals surface area contributed by atoms with Crippen LogP contribution in [-0.4, -0.2) is 45.8 Å². The monoisotopic (exact) mass is 751 g/mol. The standard InChI is InChI=1S/C27H37F2N5O2.2C2H6.F2.FH.HI.2H2/c1-17(2)8-11-25(35)32-23(14-18(3)34-12-6-5-7-13-34)27(36)31-19(4)26-30-16-24(33-26)21-10-9-20(28)15-22(21)29;3*1-2;;;;/h9-10,15-17,19,23H,3,5-8,11-14H2,1-2,4H3,(H,30,33)(H,31,36)(H,32,35);2*1-2H3;;4*1H/t19-,23-;;;;;;;/m0......./s1. The molecule has 258 valence electrons. The number of likely N-dealkylation sites (tertiary alicyclic amines) is 1. The van der Waals surface area contributed by atoms with Crippen LogP contribution < -0.4 is 10.6 Å². The number of carbonyl (C=O) groups excluding carboxylic acids is 2. The largest absolute Gasteiger partial charge is 0.375 e. The molecule has 0 radical (unpaired) electrons. The Morgan fingerprint density at radius 1 is 1.05 bits per heavy atom. The number of amides is 2. The Bertz CT molecular complexity index is 1090. The smallest absolute Gasteiger partial charge is 0.243 e. The van der Waals surface area contributed by atoms with E-state index < -0.39 is 23.7 Å². The van der Waals surface area contributed by atoms with E-state index in [0.29, 0.717) is 30.3 Å². The minimum atomic E-state index is -0.773. The van der Waals surface area contributed by atoms with Crippen molar-refractivity contribution >= 4 is 35.8 Å². The van der Waals surface area contributed by atoms with Gasteiger partial charge in [0.2, 0.25) is 11.8 Å². The van der Waals surface area contributed by atoms with Crippen LogP contribution in [0.5, 0.6) is 0 Å². The summed E-state index contributed by atoms with van der Waals surface area (Å²) in [7, 11) is 0. The first-order valence-corrected chi connectivity index (χ1v) is 14.8. The van der Waals surface area contributed by atoms with Crippen molar-refractivity contribution in [1.29, 1.82) is 0 Å². The van der Waals surface area contributed by atoms with Crippen LogP contribution in [0.1, 0.15) is 102 Å². The van der Waals surface area contributed by atoms with E-state index in [2.05, 4.69) is 32.1 Å². The SMILES string of the molecule is C=C(C[C@H](NC(=O)CCC(C)C)C(=O)N[C@@H](C)c1ncc(-c2ccc(F)cc2F)[nH]1)N1CCCCC1.CC.CC.F.FF.I.[HH].[HH]. The van der Waals surface area contributed by atoms with Crippen LogP contribution in [0, 0.1) is 17.6 Å². The molecule has 3 rings (SSSR count).